The first-order chi connectivity index (χ1) is 14.8. The van der Waals surface area contributed by atoms with Crippen LogP contribution in [0.1, 0.15) is 42.4 Å². The highest BCUT2D eigenvalue weighted by Crippen LogP contribution is 2.39. The van der Waals surface area contributed by atoms with Gasteiger partial charge in [0.2, 0.25) is 0 Å². The molecule has 0 amide bonds. The Hall–Kier alpha value is -3.46. The van der Waals surface area contributed by atoms with Gasteiger partial charge in [0.05, 0.1) is 6.61 Å². The number of aromatic amines is 2. The molecule has 3 nitrogen and oxygen atoms in total. The Morgan fingerprint density at radius 1 is 0.733 bits per heavy atom. The van der Waals surface area contributed by atoms with E-state index < -0.39 is 0 Å². The van der Waals surface area contributed by atoms with Gasteiger partial charge in [0, 0.05) is 40.1 Å². The van der Waals surface area contributed by atoms with E-state index in [1.807, 2.05) is 0 Å². The van der Waals surface area contributed by atoms with E-state index in [9.17, 15) is 0 Å². The third-order valence-electron chi connectivity index (χ3n) is 5.84. The van der Waals surface area contributed by atoms with Gasteiger partial charge in [-0.1, -0.05) is 61.9 Å². The van der Waals surface area contributed by atoms with E-state index in [0.717, 1.165) is 36.2 Å². The molecule has 0 saturated carbocycles. The standard InChI is InChI=1S/C27H26N2O/c1-2-3-16-30-20-14-12-19(13-15-20)27(23-17-28-25-10-6-4-8-21(23)25)24-18-29-26-11-7-5-9-22(24)26/h4-15,17-18,27-29H,2-3,16H2,1H3. The predicted molar refractivity (Wildman–Crippen MR) is 124 cm³/mol. The lowest BCUT2D eigenvalue weighted by Crippen LogP contribution is -2.03. The van der Waals surface area contributed by atoms with Crippen molar-refractivity contribution in [3.63, 3.8) is 0 Å². The van der Waals surface area contributed by atoms with Crippen molar-refractivity contribution in [1.29, 1.82) is 0 Å². The summed E-state index contributed by atoms with van der Waals surface area (Å²) in [6.07, 6.45) is 6.53. The maximum absolute atomic E-state index is 5.89. The van der Waals surface area contributed by atoms with E-state index in [0.29, 0.717) is 0 Å². The lowest BCUT2D eigenvalue weighted by atomic mass is 9.85. The lowest BCUT2D eigenvalue weighted by Gasteiger charge is -2.18. The van der Waals surface area contributed by atoms with Crippen molar-refractivity contribution in [3.05, 3.63) is 102 Å². The molecule has 0 saturated heterocycles. The summed E-state index contributed by atoms with van der Waals surface area (Å²) in [4.78, 5) is 6.92. The van der Waals surface area contributed by atoms with Gasteiger partial charge in [0.25, 0.3) is 0 Å². The Bertz CT molecular complexity index is 1190. The number of rotatable bonds is 7. The summed E-state index contributed by atoms with van der Waals surface area (Å²) in [6.45, 7) is 2.95. The lowest BCUT2D eigenvalue weighted by molar-refractivity contribution is 0.309. The quantitative estimate of drug-likeness (QED) is 0.286. The number of ether oxygens (including phenoxy) is 1. The average Bonchev–Trinajstić information content (AvgIpc) is 3.41. The van der Waals surface area contributed by atoms with Crippen LogP contribution in [0.2, 0.25) is 0 Å². The van der Waals surface area contributed by atoms with Gasteiger partial charge < -0.3 is 14.7 Å². The van der Waals surface area contributed by atoms with Crippen molar-refractivity contribution in [2.24, 2.45) is 0 Å². The fourth-order valence-corrected chi connectivity index (χ4v) is 4.28. The summed E-state index contributed by atoms with van der Waals surface area (Å²) in [5.74, 6) is 1.06. The largest absolute Gasteiger partial charge is 0.494 e. The van der Waals surface area contributed by atoms with Gasteiger partial charge in [0.1, 0.15) is 5.75 Å². The molecular formula is C27H26N2O. The molecule has 0 fully saturated rings. The summed E-state index contributed by atoms with van der Waals surface area (Å²) in [5, 5.41) is 2.52. The maximum atomic E-state index is 5.89. The van der Waals surface area contributed by atoms with Gasteiger partial charge >= 0.3 is 0 Å². The number of nitrogens with one attached hydrogen (secondary N) is 2. The van der Waals surface area contributed by atoms with E-state index in [-0.39, 0.29) is 5.92 Å². The topological polar surface area (TPSA) is 40.8 Å². The van der Waals surface area contributed by atoms with Crippen LogP contribution in [0.4, 0.5) is 0 Å². The second-order valence-electron chi connectivity index (χ2n) is 7.78. The third kappa shape index (κ3) is 3.37. The van der Waals surface area contributed by atoms with Crippen molar-refractivity contribution in [1.82, 2.24) is 9.97 Å². The molecule has 3 aromatic carbocycles. The van der Waals surface area contributed by atoms with Crippen LogP contribution < -0.4 is 4.74 Å². The van der Waals surface area contributed by atoms with Crippen LogP contribution in [0.3, 0.4) is 0 Å². The molecule has 0 bridgehead atoms. The molecule has 5 rings (SSSR count). The molecule has 0 aliphatic rings. The molecule has 150 valence electrons. The molecule has 3 heteroatoms. The zero-order chi connectivity index (χ0) is 20.3. The summed E-state index contributed by atoms with van der Waals surface area (Å²) in [7, 11) is 0. The SMILES string of the molecule is CCCCOc1ccc(C(c2c[nH]c3ccccc23)c2c[nH]c3ccccc23)cc1. The Balaban J connectivity index is 1.62. The summed E-state index contributed by atoms with van der Waals surface area (Å²) in [6, 6.07) is 25.6. The zero-order valence-corrected chi connectivity index (χ0v) is 17.2. The minimum absolute atomic E-state index is 0.127. The molecule has 0 aliphatic carbocycles. The number of hydrogen-bond acceptors (Lipinski definition) is 1. The van der Waals surface area contributed by atoms with Crippen molar-refractivity contribution in [2.45, 2.75) is 25.7 Å². The van der Waals surface area contributed by atoms with E-state index in [1.165, 1.54) is 27.5 Å². The van der Waals surface area contributed by atoms with Gasteiger partial charge in [-0.3, -0.25) is 0 Å². The molecule has 5 aromatic rings. The molecule has 2 aromatic heterocycles. The summed E-state index contributed by atoms with van der Waals surface area (Å²) < 4.78 is 5.89. The maximum Gasteiger partial charge on any atom is 0.119 e. The average molecular weight is 395 g/mol. The van der Waals surface area contributed by atoms with Crippen molar-refractivity contribution in [2.75, 3.05) is 6.61 Å². The van der Waals surface area contributed by atoms with Crippen molar-refractivity contribution >= 4 is 21.8 Å². The molecule has 2 N–H and O–H groups in total. The summed E-state index contributed by atoms with van der Waals surface area (Å²) in [5.41, 5.74) is 6.16. The molecule has 0 atom stereocenters. The minimum Gasteiger partial charge on any atom is -0.494 e. The van der Waals surface area contributed by atoms with E-state index in [1.54, 1.807) is 0 Å². The Kier molecular flexibility index (Phi) is 5.02. The number of fused-ring (bicyclic) bond motifs is 2. The molecule has 30 heavy (non-hydrogen) atoms. The van der Waals surface area contributed by atoms with Crippen molar-refractivity contribution < 1.29 is 4.74 Å². The highest BCUT2D eigenvalue weighted by atomic mass is 16.5. The Morgan fingerprint density at radius 2 is 1.30 bits per heavy atom. The first kappa shape index (κ1) is 18.6. The predicted octanol–water partition coefficient (Wildman–Crippen LogP) is 7.01. The van der Waals surface area contributed by atoms with Crippen LogP contribution in [0.25, 0.3) is 21.8 Å². The smallest absolute Gasteiger partial charge is 0.119 e. The number of aromatic nitrogens is 2. The Morgan fingerprint density at radius 3 is 1.87 bits per heavy atom. The highest BCUT2D eigenvalue weighted by molar-refractivity contribution is 5.89. The van der Waals surface area contributed by atoms with Crippen molar-refractivity contribution in [3.8, 4) is 5.75 Å². The number of H-pyrrole nitrogens is 2. The van der Waals surface area contributed by atoms with Crippen LogP contribution in [-0.2, 0) is 0 Å². The molecule has 0 radical (unpaired) electrons. The molecule has 2 heterocycles. The molecule has 0 aliphatic heterocycles. The molecule has 0 spiro atoms. The fourth-order valence-electron chi connectivity index (χ4n) is 4.28. The van der Waals surface area contributed by atoms with E-state index in [2.05, 4.69) is 102 Å². The van der Waals surface area contributed by atoms with Gasteiger partial charge in [-0.2, -0.15) is 0 Å². The molecule has 0 unspecified atom stereocenters. The van der Waals surface area contributed by atoms with Gasteiger partial charge in [0.15, 0.2) is 0 Å². The second-order valence-corrected chi connectivity index (χ2v) is 7.78. The zero-order valence-electron chi connectivity index (χ0n) is 17.2. The van der Waals surface area contributed by atoms with E-state index in [4.69, 9.17) is 4.74 Å². The summed E-state index contributed by atoms with van der Waals surface area (Å²) >= 11 is 0. The van der Waals surface area contributed by atoms with Crippen LogP contribution in [0, 0.1) is 0 Å². The first-order valence-electron chi connectivity index (χ1n) is 10.7. The molecular weight excluding hydrogens is 368 g/mol. The number of hydrogen-bond donors (Lipinski definition) is 2. The van der Waals surface area contributed by atoms with Crippen LogP contribution >= 0.6 is 0 Å². The first-order valence-corrected chi connectivity index (χ1v) is 10.7. The minimum atomic E-state index is 0.127. The fraction of sp³-hybridized carbons (Fsp3) is 0.185. The number of para-hydroxylation sites is 2. The normalized spacial score (nSPS) is 11.5. The highest BCUT2D eigenvalue weighted by Gasteiger charge is 2.23. The third-order valence-corrected chi connectivity index (χ3v) is 5.84. The van der Waals surface area contributed by atoms with Gasteiger partial charge in [-0.25, -0.2) is 0 Å². The van der Waals surface area contributed by atoms with Crippen LogP contribution in [0.15, 0.2) is 85.2 Å². The van der Waals surface area contributed by atoms with Crippen LogP contribution in [-0.4, -0.2) is 16.6 Å². The number of benzene rings is 3. The van der Waals surface area contributed by atoms with E-state index >= 15 is 0 Å². The monoisotopic (exact) mass is 394 g/mol. The second kappa shape index (κ2) is 8.11. The van der Waals surface area contributed by atoms with Gasteiger partial charge in [-0.05, 0) is 47.4 Å². The number of unbranched alkanes of at least 4 members (excludes halogenated alkanes) is 1. The van der Waals surface area contributed by atoms with Gasteiger partial charge in [-0.15, -0.1) is 0 Å². The van der Waals surface area contributed by atoms with Crippen LogP contribution in [0.5, 0.6) is 5.75 Å². The Labute approximate surface area is 176 Å².